The molecule has 2 aromatic heterocycles. The Kier molecular flexibility index (Phi) is 4.22. The topological polar surface area (TPSA) is 81.9 Å². The summed E-state index contributed by atoms with van der Waals surface area (Å²) in [6, 6.07) is 4.96. The summed E-state index contributed by atoms with van der Waals surface area (Å²) in [6.45, 7) is 1.68. The highest BCUT2D eigenvalue weighted by molar-refractivity contribution is 7.15. The first-order valence-electron chi connectivity index (χ1n) is 7.05. The van der Waals surface area contributed by atoms with Gasteiger partial charge in [0.1, 0.15) is 5.69 Å². The normalized spacial score (nSPS) is 10.6. The van der Waals surface area contributed by atoms with Crippen LogP contribution >= 0.6 is 11.3 Å². The second-order valence-corrected chi connectivity index (χ2v) is 5.80. The summed E-state index contributed by atoms with van der Waals surface area (Å²) in [5.74, 6) is 0.271. The Morgan fingerprint density at radius 2 is 2.08 bits per heavy atom. The molecule has 0 aliphatic heterocycles. The molecule has 124 valence electrons. The van der Waals surface area contributed by atoms with Crippen molar-refractivity contribution in [1.29, 1.82) is 0 Å². The number of anilines is 1. The van der Waals surface area contributed by atoms with Crippen LogP contribution in [0, 0.1) is 6.92 Å². The lowest BCUT2D eigenvalue weighted by Gasteiger charge is -2.13. The van der Waals surface area contributed by atoms with Crippen LogP contribution in [0.15, 0.2) is 34.6 Å². The number of aryl methyl sites for hydroxylation is 1. The molecule has 0 bridgehead atoms. The second kappa shape index (κ2) is 6.32. The number of rotatable bonds is 4. The fraction of sp³-hybridized carbons (Fsp3) is 0.188. The van der Waals surface area contributed by atoms with Gasteiger partial charge in [0.2, 0.25) is 0 Å². The van der Waals surface area contributed by atoms with E-state index in [1.165, 1.54) is 30.0 Å². The zero-order chi connectivity index (χ0) is 17.3. The minimum absolute atomic E-state index is 0.140. The van der Waals surface area contributed by atoms with Crippen molar-refractivity contribution in [2.75, 3.05) is 19.5 Å². The number of para-hydroxylation sites is 1. The van der Waals surface area contributed by atoms with Gasteiger partial charge >= 0.3 is 0 Å². The number of aromatic nitrogens is 2. The van der Waals surface area contributed by atoms with E-state index < -0.39 is 5.91 Å². The summed E-state index contributed by atoms with van der Waals surface area (Å²) < 4.78 is 11.9. The molecular weight excluding hydrogens is 330 g/mol. The van der Waals surface area contributed by atoms with Crippen LogP contribution in [0.4, 0.5) is 5.69 Å². The standard InChI is InChI=1S/C16H15N3O4S/c1-9-12(15(21)19-7-8-24-16(19)17-9)18-14(20)10-5-4-6-11(22-2)13(10)23-3/h4-8H,1-3H3,(H,18,20). The van der Waals surface area contributed by atoms with Crippen molar-refractivity contribution in [1.82, 2.24) is 9.38 Å². The molecule has 1 amide bonds. The summed E-state index contributed by atoms with van der Waals surface area (Å²) >= 11 is 1.35. The zero-order valence-electron chi connectivity index (χ0n) is 13.3. The molecule has 1 N–H and O–H groups in total. The van der Waals surface area contributed by atoms with Gasteiger partial charge in [-0.15, -0.1) is 11.3 Å². The van der Waals surface area contributed by atoms with Crippen molar-refractivity contribution in [3.8, 4) is 11.5 Å². The maximum atomic E-state index is 12.6. The number of hydrogen-bond acceptors (Lipinski definition) is 6. The van der Waals surface area contributed by atoms with Gasteiger partial charge in [-0.25, -0.2) is 4.98 Å². The Labute approximate surface area is 141 Å². The van der Waals surface area contributed by atoms with Crippen molar-refractivity contribution >= 4 is 27.9 Å². The Morgan fingerprint density at radius 3 is 2.79 bits per heavy atom. The fourth-order valence-corrected chi connectivity index (χ4v) is 3.12. The molecule has 0 saturated heterocycles. The van der Waals surface area contributed by atoms with Gasteiger partial charge in [-0.05, 0) is 19.1 Å². The predicted molar refractivity (Wildman–Crippen MR) is 91.6 cm³/mol. The Morgan fingerprint density at radius 1 is 1.29 bits per heavy atom. The number of fused-ring (bicyclic) bond motifs is 1. The van der Waals surface area contributed by atoms with Gasteiger partial charge in [0.15, 0.2) is 16.5 Å². The van der Waals surface area contributed by atoms with E-state index in [0.717, 1.165) is 0 Å². The Hall–Kier alpha value is -2.87. The number of amides is 1. The predicted octanol–water partition coefficient (Wildman–Crippen LogP) is 2.33. The molecule has 0 spiro atoms. The molecule has 1 aromatic carbocycles. The summed E-state index contributed by atoms with van der Waals surface area (Å²) in [4.78, 5) is 30.0. The van der Waals surface area contributed by atoms with Gasteiger partial charge in [0.05, 0.1) is 25.5 Å². The molecule has 24 heavy (non-hydrogen) atoms. The number of nitrogens with one attached hydrogen (secondary N) is 1. The number of hydrogen-bond donors (Lipinski definition) is 1. The van der Waals surface area contributed by atoms with Crippen molar-refractivity contribution in [3.05, 3.63) is 51.4 Å². The maximum absolute atomic E-state index is 12.6. The van der Waals surface area contributed by atoms with Gasteiger partial charge in [0, 0.05) is 11.6 Å². The van der Waals surface area contributed by atoms with Crippen molar-refractivity contribution in [2.24, 2.45) is 0 Å². The smallest absolute Gasteiger partial charge is 0.282 e. The summed E-state index contributed by atoms with van der Waals surface area (Å²) in [7, 11) is 2.94. The van der Waals surface area contributed by atoms with Gasteiger partial charge in [-0.1, -0.05) is 6.07 Å². The molecule has 0 aliphatic rings. The van der Waals surface area contributed by atoms with Crippen molar-refractivity contribution in [3.63, 3.8) is 0 Å². The number of carbonyl (C=O) groups is 1. The Bertz CT molecular complexity index is 977. The highest BCUT2D eigenvalue weighted by atomic mass is 32.1. The number of ether oxygens (including phenoxy) is 2. The SMILES string of the molecule is COc1cccc(C(=O)Nc2c(C)nc3sccn3c2=O)c1OC. The van der Waals surface area contributed by atoms with Gasteiger partial charge in [0.25, 0.3) is 11.5 Å². The van der Waals surface area contributed by atoms with Crippen LogP contribution in [-0.2, 0) is 0 Å². The lowest BCUT2D eigenvalue weighted by molar-refractivity contribution is 0.102. The largest absolute Gasteiger partial charge is 0.493 e. The van der Waals surface area contributed by atoms with E-state index in [1.54, 1.807) is 36.7 Å². The minimum atomic E-state index is -0.470. The fourth-order valence-electron chi connectivity index (χ4n) is 2.37. The molecule has 3 aromatic rings. The van der Waals surface area contributed by atoms with E-state index >= 15 is 0 Å². The molecule has 0 atom stereocenters. The Balaban J connectivity index is 2.04. The molecule has 0 saturated carbocycles. The van der Waals surface area contributed by atoms with Crippen molar-refractivity contribution in [2.45, 2.75) is 6.92 Å². The molecule has 0 aliphatic carbocycles. The number of nitrogens with zero attached hydrogens (tertiary/aromatic N) is 2. The van der Waals surface area contributed by atoms with E-state index in [4.69, 9.17) is 9.47 Å². The van der Waals surface area contributed by atoms with E-state index in [-0.39, 0.29) is 16.8 Å². The average molecular weight is 345 g/mol. The highest BCUT2D eigenvalue weighted by Gasteiger charge is 2.19. The van der Waals surface area contributed by atoms with E-state index in [2.05, 4.69) is 10.3 Å². The van der Waals surface area contributed by atoms with E-state index in [1.807, 2.05) is 0 Å². The quantitative estimate of drug-likeness (QED) is 0.785. The molecule has 3 rings (SSSR count). The van der Waals surface area contributed by atoms with Crippen molar-refractivity contribution < 1.29 is 14.3 Å². The molecule has 7 nitrogen and oxygen atoms in total. The van der Waals surface area contributed by atoms with Crippen LogP contribution in [0.3, 0.4) is 0 Å². The lowest BCUT2D eigenvalue weighted by Crippen LogP contribution is -2.24. The molecule has 0 fully saturated rings. The third-order valence-corrected chi connectivity index (χ3v) is 4.29. The summed E-state index contributed by atoms with van der Waals surface area (Å²) in [5.41, 5.74) is 0.540. The molecular formula is C16H15N3O4S. The van der Waals surface area contributed by atoms with Gasteiger partial charge in [-0.3, -0.25) is 14.0 Å². The van der Waals surface area contributed by atoms with Crippen LogP contribution < -0.4 is 20.3 Å². The maximum Gasteiger partial charge on any atom is 0.282 e. The first-order chi connectivity index (χ1) is 11.6. The van der Waals surface area contributed by atoms with E-state index in [9.17, 15) is 9.59 Å². The minimum Gasteiger partial charge on any atom is -0.493 e. The van der Waals surface area contributed by atoms with Gasteiger partial charge in [-0.2, -0.15) is 0 Å². The molecule has 0 radical (unpaired) electrons. The van der Waals surface area contributed by atoms with Crippen LogP contribution in [0.2, 0.25) is 0 Å². The third kappa shape index (κ3) is 2.61. The van der Waals surface area contributed by atoms with Crippen LogP contribution in [0.1, 0.15) is 16.1 Å². The second-order valence-electron chi connectivity index (χ2n) is 4.93. The molecule has 2 heterocycles. The monoisotopic (exact) mass is 345 g/mol. The number of thiazole rings is 1. The summed E-state index contributed by atoms with van der Waals surface area (Å²) in [5, 5.41) is 4.40. The van der Waals surface area contributed by atoms with Gasteiger partial charge < -0.3 is 14.8 Å². The number of methoxy groups -OCH3 is 2. The summed E-state index contributed by atoms with van der Waals surface area (Å²) in [6.07, 6.45) is 1.62. The third-order valence-electron chi connectivity index (χ3n) is 3.53. The van der Waals surface area contributed by atoms with Crippen LogP contribution in [0.25, 0.3) is 4.96 Å². The highest BCUT2D eigenvalue weighted by Crippen LogP contribution is 2.31. The molecule has 8 heteroatoms. The van der Waals surface area contributed by atoms with Crippen LogP contribution in [0.5, 0.6) is 11.5 Å². The first-order valence-corrected chi connectivity index (χ1v) is 7.93. The average Bonchev–Trinajstić information content (AvgIpc) is 3.05. The first kappa shape index (κ1) is 16.0. The molecule has 0 unspecified atom stereocenters. The number of carbonyl (C=O) groups excluding carboxylic acids is 1. The van der Waals surface area contributed by atoms with E-state index in [0.29, 0.717) is 22.2 Å². The zero-order valence-corrected chi connectivity index (χ0v) is 14.1. The lowest BCUT2D eigenvalue weighted by atomic mass is 10.1. The van der Waals surface area contributed by atoms with Crippen LogP contribution in [-0.4, -0.2) is 29.5 Å². The number of benzene rings is 1.